The molecule has 0 aliphatic carbocycles. The second kappa shape index (κ2) is 4.67. The lowest BCUT2D eigenvalue weighted by Crippen LogP contribution is -2.43. The van der Waals surface area contributed by atoms with Crippen molar-refractivity contribution in [3.8, 4) is 5.75 Å². The molecule has 0 unspecified atom stereocenters. The fourth-order valence-corrected chi connectivity index (χ4v) is 1.84. The van der Waals surface area contributed by atoms with Gasteiger partial charge in [-0.25, -0.2) is 4.90 Å². The van der Waals surface area contributed by atoms with E-state index in [9.17, 15) is 9.59 Å². The molecule has 6 heteroatoms. The van der Waals surface area contributed by atoms with Crippen LogP contribution in [-0.2, 0) is 9.59 Å². The minimum Gasteiger partial charge on any atom is -0.482 e. The zero-order valence-electron chi connectivity index (χ0n) is 9.05. The topological polar surface area (TPSA) is 72.6 Å². The van der Waals surface area contributed by atoms with E-state index in [1.165, 1.54) is 0 Å². The van der Waals surface area contributed by atoms with Crippen LogP contribution in [0.15, 0.2) is 18.2 Å². The number of hydrogen-bond acceptors (Lipinski definition) is 5. The van der Waals surface area contributed by atoms with E-state index in [2.05, 4.69) is 12.6 Å². The molecule has 0 saturated carbocycles. The van der Waals surface area contributed by atoms with Crippen LogP contribution >= 0.6 is 12.6 Å². The first-order valence-electron chi connectivity index (χ1n) is 5.12. The number of rotatable bonds is 2. The average Bonchev–Trinajstić information content (AvgIpc) is 2.28. The Morgan fingerprint density at radius 1 is 1.53 bits per heavy atom. The third kappa shape index (κ3) is 2.21. The summed E-state index contributed by atoms with van der Waals surface area (Å²) in [4.78, 5) is 24.7. The maximum atomic E-state index is 11.8. The molecule has 17 heavy (non-hydrogen) atoms. The predicted molar refractivity (Wildman–Crippen MR) is 67.3 cm³/mol. The summed E-state index contributed by atoms with van der Waals surface area (Å²) in [6.45, 7) is -0.130. The number of amides is 2. The summed E-state index contributed by atoms with van der Waals surface area (Å²) in [7, 11) is 0. The molecular weight excluding hydrogens is 240 g/mol. The fraction of sp³-hybridized carbons (Fsp3) is 0.273. The molecule has 0 radical (unpaired) electrons. The van der Waals surface area contributed by atoms with Crippen LogP contribution in [0.25, 0.3) is 0 Å². The predicted octanol–water partition coefficient (Wildman–Crippen LogP) is 0.841. The zero-order chi connectivity index (χ0) is 12.4. The monoisotopic (exact) mass is 252 g/mol. The second-order valence-corrected chi connectivity index (χ2v) is 4.06. The van der Waals surface area contributed by atoms with Crippen LogP contribution in [0.1, 0.15) is 6.42 Å². The highest BCUT2D eigenvalue weighted by molar-refractivity contribution is 7.80. The van der Waals surface area contributed by atoms with Crippen LogP contribution in [0.3, 0.4) is 0 Å². The standard InChI is InChI=1S/C11H12N2O3S/c12-7-1-2-9-8(5-7)13(10(14)3-4-17)11(15)6-16-9/h1-2,5,17H,3-4,6,12H2. The molecule has 2 N–H and O–H groups in total. The maximum Gasteiger partial charge on any atom is 0.271 e. The fourth-order valence-electron chi connectivity index (χ4n) is 1.65. The quantitative estimate of drug-likeness (QED) is 0.604. The summed E-state index contributed by atoms with van der Waals surface area (Å²) in [6.07, 6.45) is 0.198. The van der Waals surface area contributed by atoms with Gasteiger partial charge >= 0.3 is 0 Å². The molecule has 1 heterocycles. The third-order valence-electron chi connectivity index (χ3n) is 2.40. The van der Waals surface area contributed by atoms with Gasteiger partial charge in [-0.2, -0.15) is 12.6 Å². The molecule has 0 spiro atoms. The van der Waals surface area contributed by atoms with Crippen molar-refractivity contribution < 1.29 is 14.3 Å². The van der Waals surface area contributed by atoms with Gasteiger partial charge in [-0.05, 0) is 24.0 Å². The van der Waals surface area contributed by atoms with E-state index in [0.717, 1.165) is 4.90 Å². The Morgan fingerprint density at radius 3 is 3.00 bits per heavy atom. The Morgan fingerprint density at radius 2 is 2.29 bits per heavy atom. The van der Waals surface area contributed by atoms with Crippen molar-refractivity contribution in [1.82, 2.24) is 0 Å². The summed E-state index contributed by atoms with van der Waals surface area (Å²) in [5.41, 5.74) is 6.53. The highest BCUT2D eigenvalue weighted by Crippen LogP contribution is 2.34. The Kier molecular flexibility index (Phi) is 3.23. The molecule has 0 saturated heterocycles. The smallest absolute Gasteiger partial charge is 0.271 e. The van der Waals surface area contributed by atoms with E-state index in [0.29, 0.717) is 22.9 Å². The molecular formula is C11H12N2O3S. The van der Waals surface area contributed by atoms with Crippen molar-refractivity contribution in [3.05, 3.63) is 18.2 Å². The first-order chi connectivity index (χ1) is 8.13. The molecule has 2 amide bonds. The van der Waals surface area contributed by atoms with E-state index < -0.39 is 0 Å². The normalized spacial score (nSPS) is 14.2. The van der Waals surface area contributed by atoms with Gasteiger partial charge in [0.15, 0.2) is 6.61 Å². The number of hydrogen-bond donors (Lipinski definition) is 2. The number of carbonyl (C=O) groups is 2. The summed E-state index contributed by atoms with van der Waals surface area (Å²) < 4.78 is 5.23. The number of imide groups is 1. The van der Waals surface area contributed by atoms with Gasteiger partial charge in [0.2, 0.25) is 5.91 Å². The van der Waals surface area contributed by atoms with Crippen LogP contribution in [0.4, 0.5) is 11.4 Å². The number of ether oxygens (including phenoxy) is 1. The molecule has 1 aliphatic heterocycles. The van der Waals surface area contributed by atoms with Crippen molar-refractivity contribution in [2.24, 2.45) is 0 Å². The first kappa shape index (κ1) is 11.8. The Bertz CT molecular complexity index is 476. The summed E-state index contributed by atoms with van der Waals surface area (Å²) in [5.74, 6) is 0.211. The van der Waals surface area contributed by atoms with Gasteiger partial charge in [0, 0.05) is 12.1 Å². The third-order valence-corrected chi connectivity index (χ3v) is 2.62. The lowest BCUT2D eigenvalue weighted by atomic mass is 10.2. The number of carbonyl (C=O) groups excluding carboxylic acids is 2. The molecule has 0 fully saturated rings. The van der Waals surface area contributed by atoms with Crippen LogP contribution in [0, 0.1) is 0 Å². The zero-order valence-corrected chi connectivity index (χ0v) is 9.94. The van der Waals surface area contributed by atoms with Gasteiger partial charge in [0.05, 0.1) is 5.69 Å². The van der Waals surface area contributed by atoms with E-state index in [1.807, 2.05) is 0 Å². The van der Waals surface area contributed by atoms with E-state index in [4.69, 9.17) is 10.5 Å². The molecule has 1 aromatic carbocycles. The summed E-state index contributed by atoms with van der Waals surface area (Å²) >= 11 is 3.98. The summed E-state index contributed by atoms with van der Waals surface area (Å²) in [6, 6.07) is 4.87. The summed E-state index contributed by atoms with van der Waals surface area (Å²) in [5, 5.41) is 0. The average molecular weight is 252 g/mol. The molecule has 2 rings (SSSR count). The number of thiol groups is 1. The minimum atomic E-state index is -0.380. The molecule has 0 aromatic heterocycles. The van der Waals surface area contributed by atoms with Gasteiger partial charge in [-0.1, -0.05) is 0 Å². The maximum absolute atomic E-state index is 11.8. The van der Waals surface area contributed by atoms with Gasteiger partial charge in [-0.3, -0.25) is 9.59 Å². The Labute approximate surface area is 104 Å². The lowest BCUT2D eigenvalue weighted by molar-refractivity contribution is -0.128. The number of nitrogens with two attached hydrogens (primary N) is 1. The van der Waals surface area contributed by atoms with Crippen LogP contribution in [0.5, 0.6) is 5.75 Å². The Hall–Kier alpha value is -1.69. The minimum absolute atomic E-state index is 0.130. The Balaban J connectivity index is 2.42. The van der Waals surface area contributed by atoms with Crippen LogP contribution in [-0.4, -0.2) is 24.2 Å². The molecule has 1 aliphatic rings. The van der Waals surface area contributed by atoms with E-state index in [1.54, 1.807) is 18.2 Å². The van der Waals surface area contributed by atoms with Crippen molar-refractivity contribution >= 4 is 35.8 Å². The van der Waals surface area contributed by atoms with Crippen molar-refractivity contribution in [2.45, 2.75) is 6.42 Å². The molecule has 1 aromatic rings. The highest BCUT2D eigenvalue weighted by Gasteiger charge is 2.30. The number of anilines is 2. The van der Waals surface area contributed by atoms with Crippen LogP contribution in [0.2, 0.25) is 0 Å². The van der Waals surface area contributed by atoms with Gasteiger partial charge in [0.1, 0.15) is 5.75 Å². The largest absolute Gasteiger partial charge is 0.482 e. The van der Waals surface area contributed by atoms with E-state index in [-0.39, 0.29) is 24.8 Å². The van der Waals surface area contributed by atoms with Gasteiger partial charge in [-0.15, -0.1) is 0 Å². The molecule has 5 nitrogen and oxygen atoms in total. The van der Waals surface area contributed by atoms with E-state index >= 15 is 0 Å². The number of fused-ring (bicyclic) bond motifs is 1. The van der Waals surface area contributed by atoms with Crippen molar-refractivity contribution in [1.29, 1.82) is 0 Å². The van der Waals surface area contributed by atoms with Crippen LogP contribution < -0.4 is 15.4 Å². The second-order valence-electron chi connectivity index (χ2n) is 3.61. The highest BCUT2D eigenvalue weighted by atomic mass is 32.1. The van der Waals surface area contributed by atoms with Gasteiger partial charge in [0.25, 0.3) is 5.91 Å². The number of nitrogens with zero attached hydrogens (tertiary/aromatic N) is 1. The molecule has 0 atom stereocenters. The number of benzene rings is 1. The van der Waals surface area contributed by atoms with Gasteiger partial charge < -0.3 is 10.5 Å². The molecule has 90 valence electrons. The lowest BCUT2D eigenvalue weighted by Gasteiger charge is -2.27. The SMILES string of the molecule is Nc1ccc2c(c1)N(C(=O)CCS)C(=O)CO2. The van der Waals surface area contributed by atoms with Crippen molar-refractivity contribution in [3.63, 3.8) is 0 Å². The first-order valence-corrected chi connectivity index (χ1v) is 5.75. The number of nitrogen functional groups attached to an aromatic ring is 1. The van der Waals surface area contributed by atoms with Crippen molar-refractivity contribution in [2.75, 3.05) is 23.0 Å². The molecule has 0 bridgehead atoms.